The molecular formula is C48H50ClN5O8S. The summed E-state index contributed by atoms with van der Waals surface area (Å²) in [5.41, 5.74) is 4.70. The number of fused-ring (bicyclic) bond motifs is 1. The SMILES string of the molecule is CC(C)(C)c1ccc(CN2CCN(N(C(=O)c3ccccc3Oc3ccc4[nH]ccc4c3)S(=O)(=O)c3ccc(OCC4CCOCC4)c([N+](=O)[O-])c3)CC2)c(-c2ccc(Cl)cc2)c1. The molecule has 328 valence electrons. The van der Waals surface area contributed by atoms with Crippen LogP contribution in [0.25, 0.3) is 22.0 Å². The highest BCUT2D eigenvalue weighted by atomic mass is 35.5. The molecule has 13 nitrogen and oxygen atoms in total. The van der Waals surface area contributed by atoms with Crippen LogP contribution in [0.15, 0.2) is 120 Å². The number of hydrogen-bond acceptors (Lipinski definition) is 10. The maximum atomic E-state index is 15.0. The lowest BCUT2D eigenvalue weighted by Crippen LogP contribution is -2.57. The third-order valence-corrected chi connectivity index (χ3v) is 13.6. The van der Waals surface area contributed by atoms with Crippen molar-refractivity contribution in [1.29, 1.82) is 0 Å². The second-order valence-electron chi connectivity index (χ2n) is 17.0. The van der Waals surface area contributed by atoms with Gasteiger partial charge in [-0.15, -0.1) is 0 Å². The smallest absolute Gasteiger partial charge is 0.312 e. The summed E-state index contributed by atoms with van der Waals surface area (Å²) in [7, 11) is -4.76. The van der Waals surface area contributed by atoms with Crippen LogP contribution in [0.1, 0.15) is 55.1 Å². The first-order valence-electron chi connectivity index (χ1n) is 21.0. The number of nitrogens with zero attached hydrogens (tertiary/aromatic N) is 4. The Bertz CT molecular complexity index is 2720. The quantitative estimate of drug-likeness (QED) is 0.0878. The van der Waals surface area contributed by atoms with Crippen molar-refractivity contribution in [3.05, 3.63) is 147 Å². The molecule has 0 aliphatic carbocycles. The number of aromatic nitrogens is 1. The number of benzene rings is 5. The van der Waals surface area contributed by atoms with E-state index in [9.17, 15) is 23.3 Å². The third-order valence-electron chi connectivity index (χ3n) is 11.6. The number of H-pyrrole nitrogens is 1. The Morgan fingerprint density at radius 2 is 1.65 bits per heavy atom. The number of hydrogen-bond donors (Lipinski definition) is 1. The zero-order chi connectivity index (χ0) is 44.3. The summed E-state index contributed by atoms with van der Waals surface area (Å²) in [6, 6.07) is 31.6. The number of hydrazine groups is 1. The van der Waals surface area contributed by atoms with Gasteiger partial charge in [0.15, 0.2) is 5.75 Å². The predicted molar refractivity (Wildman–Crippen MR) is 243 cm³/mol. The maximum absolute atomic E-state index is 15.0. The number of carbonyl (C=O) groups is 1. The van der Waals surface area contributed by atoms with Gasteiger partial charge in [-0.2, -0.15) is 12.8 Å². The Morgan fingerprint density at radius 1 is 0.905 bits per heavy atom. The number of nitro groups is 1. The molecule has 3 heterocycles. The van der Waals surface area contributed by atoms with Crippen molar-refractivity contribution in [3.8, 4) is 28.4 Å². The minimum atomic E-state index is -4.76. The first-order valence-corrected chi connectivity index (χ1v) is 22.9. The minimum absolute atomic E-state index is 0.00451. The van der Waals surface area contributed by atoms with E-state index in [4.69, 9.17) is 25.8 Å². The van der Waals surface area contributed by atoms with Gasteiger partial charge >= 0.3 is 5.69 Å². The fourth-order valence-corrected chi connectivity index (χ4v) is 9.60. The van der Waals surface area contributed by atoms with E-state index in [-0.39, 0.29) is 48.1 Å². The van der Waals surface area contributed by atoms with E-state index in [1.807, 2.05) is 48.7 Å². The first-order chi connectivity index (χ1) is 30.2. The molecule has 8 rings (SSSR count). The van der Waals surface area contributed by atoms with Gasteiger partial charge in [-0.3, -0.25) is 19.8 Å². The molecule has 2 aliphatic rings. The second kappa shape index (κ2) is 18.5. The van der Waals surface area contributed by atoms with Crippen molar-refractivity contribution in [2.45, 2.75) is 50.5 Å². The van der Waals surface area contributed by atoms with Crippen molar-refractivity contribution >= 4 is 44.1 Å². The molecule has 15 heteroatoms. The van der Waals surface area contributed by atoms with Crippen molar-refractivity contribution in [2.24, 2.45) is 5.92 Å². The largest absolute Gasteiger partial charge is 0.487 e. The molecule has 2 aliphatic heterocycles. The van der Waals surface area contributed by atoms with Gasteiger partial charge < -0.3 is 19.2 Å². The highest BCUT2D eigenvalue weighted by molar-refractivity contribution is 7.89. The molecule has 2 saturated heterocycles. The van der Waals surface area contributed by atoms with Crippen LogP contribution in [-0.4, -0.2) is 84.6 Å². The van der Waals surface area contributed by atoms with Crippen molar-refractivity contribution in [3.63, 3.8) is 0 Å². The summed E-state index contributed by atoms with van der Waals surface area (Å²) in [6.45, 7) is 9.62. The molecule has 63 heavy (non-hydrogen) atoms. The van der Waals surface area contributed by atoms with Gasteiger partial charge in [-0.1, -0.05) is 74.8 Å². The average molecular weight is 892 g/mol. The molecule has 1 aromatic heterocycles. The lowest BCUT2D eigenvalue weighted by Gasteiger charge is -2.40. The van der Waals surface area contributed by atoms with Gasteiger partial charge in [0.25, 0.3) is 15.9 Å². The summed E-state index contributed by atoms with van der Waals surface area (Å²) in [6.07, 6.45) is 3.32. The average Bonchev–Trinajstić information content (AvgIpc) is 3.75. The number of sulfonamides is 1. The van der Waals surface area contributed by atoms with Gasteiger partial charge in [0, 0.05) is 74.1 Å². The normalized spacial score (nSPS) is 15.6. The first kappa shape index (κ1) is 43.9. The Kier molecular flexibility index (Phi) is 12.9. The van der Waals surface area contributed by atoms with Crippen LogP contribution in [0.2, 0.25) is 5.02 Å². The molecular weight excluding hydrogens is 842 g/mol. The van der Waals surface area contributed by atoms with Crippen LogP contribution < -0.4 is 9.47 Å². The number of para-hydroxylation sites is 1. The number of nitrogens with one attached hydrogen (secondary N) is 1. The molecule has 0 radical (unpaired) electrons. The topological polar surface area (TPSA) is 148 Å². The van der Waals surface area contributed by atoms with E-state index in [0.29, 0.717) is 43.6 Å². The Hall–Kier alpha value is -5.77. The van der Waals surface area contributed by atoms with Crippen LogP contribution in [0.3, 0.4) is 0 Å². The van der Waals surface area contributed by atoms with Crippen molar-refractivity contribution in [1.82, 2.24) is 19.3 Å². The highest BCUT2D eigenvalue weighted by Crippen LogP contribution is 2.36. The summed E-state index contributed by atoms with van der Waals surface area (Å²) in [5, 5.41) is 15.5. The second-order valence-corrected chi connectivity index (χ2v) is 19.2. The van der Waals surface area contributed by atoms with E-state index in [0.717, 1.165) is 50.9 Å². The van der Waals surface area contributed by atoms with Gasteiger partial charge in [-0.05, 0) is 107 Å². The molecule has 0 unspecified atom stereocenters. The molecule has 1 amide bonds. The van der Waals surface area contributed by atoms with E-state index in [2.05, 4.69) is 48.9 Å². The van der Waals surface area contributed by atoms with Crippen LogP contribution in [0, 0.1) is 16.0 Å². The minimum Gasteiger partial charge on any atom is -0.487 e. The molecule has 0 spiro atoms. The number of rotatable bonds is 13. The molecule has 0 bridgehead atoms. The number of aromatic amines is 1. The number of piperazine rings is 1. The van der Waals surface area contributed by atoms with Crippen LogP contribution in [-0.2, 0) is 26.7 Å². The summed E-state index contributed by atoms with van der Waals surface area (Å²) >= 11 is 6.27. The van der Waals surface area contributed by atoms with E-state index in [1.165, 1.54) is 28.8 Å². The van der Waals surface area contributed by atoms with Crippen molar-refractivity contribution < 1.29 is 32.3 Å². The van der Waals surface area contributed by atoms with Gasteiger partial charge in [-0.25, -0.2) is 5.01 Å². The van der Waals surface area contributed by atoms with Crippen LogP contribution >= 0.6 is 11.6 Å². The molecule has 0 atom stereocenters. The van der Waals surface area contributed by atoms with E-state index < -0.39 is 31.4 Å². The predicted octanol–water partition coefficient (Wildman–Crippen LogP) is 9.86. The fraction of sp³-hybridized carbons (Fsp3) is 0.312. The number of nitro benzene ring substituents is 1. The molecule has 0 saturated carbocycles. The molecule has 6 aromatic rings. The Balaban J connectivity index is 1.10. The van der Waals surface area contributed by atoms with E-state index >= 15 is 0 Å². The van der Waals surface area contributed by atoms with Crippen LogP contribution in [0.4, 0.5) is 5.69 Å². The van der Waals surface area contributed by atoms with Gasteiger partial charge in [0.2, 0.25) is 0 Å². The zero-order valence-corrected chi connectivity index (χ0v) is 37.0. The highest BCUT2D eigenvalue weighted by Gasteiger charge is 2.39. The standard InChI is InChI=1S/C48H50ClN5O8S/c1-48(2,3)37-11-8-36(42(29-37)34-9-12-38(49)13-10-34)31-51-22-24-52(25-23-51)53(47(55)41-6-4-5-7-45(41)62-39-14-16-43-35(28-39)18-21-50-43)63(58,59)40-15-17-46(44(30-40)54(56)57)61-32-33-19-26-60-27-20-33/h4-18,21,28-30,33,50H,19-20,22-27,31-32H2,1-3H3. The fourth-order valence-electron chi connectivity index (χ4n) is 7.99. The molecule has 1 N–H and O–H groups in total. The molecule has 2 fully saturated rings. The summed E-state index contributed by atoms with van der Waals surface area (Å²) in [4.78, 5) is 31.7. The third kappa shape index (κ3) is 9.90. The lowest BCUT2D eigenvalue weighted by molar-refractivity contribution is -0.386. The number of carbonyl (C=O) groups excluding carboxylic acids is 1. The number of amides is 1. The molecule has 5 aromatic carbocycles. The summed E-state index contributed by atoms with van der Waals surface area (Å²) < 4.78 is 48.3. The van der Waals surface area contributed by atoms with Crippen molar-refractivity contribution in [2.75, 3.05) is 46.0 Å². The lowest BCUT2D eigenvalue weighted by atomic mass is 9.84. The Morgan fingerprint density at radius 3 is 2.38 bits per heavy atom. The van der Waals surface area contributed by atoms with Gasteiger partial charge in [0.1, 0.15) is 11.5 Å². The number of ether oxygens (including phenoxy) is 3. The maximum Gasteiger partial charge on any atom is 0.312 e. The van der Waals surface area contributed by atoms with Gasteiger partial charge in [0.05, 0.1) is 22.0 Å². The van der Waals surface area contributed by atoms with Crippen LogP contribution in [0.5, 0.6) is 17.2 Å². The summed E-state index contributed by atoms with van der Waals surface area (Å²) in [5.74, 6) is -0.179. The zero-order valence-electron chi connectivity index (χ0n) is 35.5. The monoisotopic (exact) mass is 891 g/mol. The number of halogens is 1. The Labute approximate surface area is 372 Å². The van der Waals surface area contributed by atoms with E-state index in [1.54, 1.807) is 24.3 Å².